The van der Waals surface area contributed by atoms with E-state index in [2.05, 4.69) is 16.4 Å². The number of aromatic nitrogens is 1. The van der Waals surface area contributed by atoms with Crippen molar-refractivity contribution in [3.8, 4) is 6.07 Å². The number of nitrogens with zero attached hydrogens (tertiary/aromatic N) is 3. The van der Waals surface area contributed by atoms with Crippen LogP contribution in [-0.4, -0.2) is 58.2 Å². The van der Waals surface area contributed by atoms with Gasteiger partial charge in [-0.05, 0) is 30.2 Å². The van der Waals surface area contributed by atoms with E-state index in [9.17, 15) is 28.4 Å². The Balaban J connectivity index is 1.43. The lowest BCUT2D eigenvalue weighted by Crippen LogP contribution is -2.51. The summed E-state index contributed by atoms with van der Waals surface area (Å²) in [6, 6.07) is 10.7. The number of nitriles is 1. The van der Waals surface area contributed by atoms with Crippen LogP contribution in [0.15, 0.2) is 42.5 Å². The standard InChI is InChI=1S/C26H23F2N5O3/c1-3-22(32(2)23(34)21-10-16-18(28)8-14(27)9-20(16)30-21)24(35)33-13-26(11-15(33)12-29)17-6-4-5-7-19(17)31-25(26)36/h4-10,15,22,30H,3,11,13H2,1-2H3,(H,31,36)/t15-,22-,26-/m0/s1. The molecule has 0 aliphatic carbocycles. The summed E-state index contributed by atoms with van der Waals surface area (Å²) < 4.78 is 27.7. The Hall–Kier alpha value is -4.26. The average Bonchev–Trinajstić information content (AvgIpc) is 3.54. The second-order valence-electron chi connectivity index (χ2n) is 9.27. The zero-order chi connectivity index (χ0) is 25.8. The van der Waals surface area contributed by atoms with E-state index in [4.69, 9.17) is 0 Å². The molecule has 2 aromatic carbocycles. The van der Waals surface area contributed by atoms with E-state index in [0.29, 0.717) is 5.69 Å². The number of anilines is 1. The Kier molecular flexibility index (Phi) is 5.51. The summed E-state index contributed by atoms with van der Waals surface area (Å²) >= 11 is 0. The molecule has 1 aromatic heterocycles. The maximum atomic E-state index is 14.1. The molecule has 0 saturated carbocycles. The predicted octanol–water partition coefficient (Wildman–Crippen LogP) is 3.31. The van der Waals surface area contributed by atoms with E-state index in [1.54, 1.807) is 19.1 Å². The van der Waals surface area contributed by atoms with E-state index < -0.39 is 40.9 Å². The minimum Gasteiger partial charge on any atom is -0.350 e. The van der Waals surface area contributed by atoms with Crippen LogP contribution in [0, 0.1) is 23.0 Å². The van der Waals surface area contributed by atoms with Gasteiger partial charge < -0.3 is 20.1 Å². The fourth-order valence-electron chi connectivity index (χ4n) is 5.40. The van der Waals surface area contributed by atoms with Gasteiger partial charge in [0.05, 0.1) is 17.0 Å². The monoisotopic (exact) mass is 491 g/mol. The van der Waals surface area contributed by atoms with Gasteiger partial charge in [0.15, 0.2) is 0 Å². The second kappa shape index (κ2) is 8.45. The summed E-state index contributed by atoms with van der Waals surface area (Å²) in [5, 5.41) is 12.8. The Morgan fingerprint density at radius 1 is 1.28 bits per heavy atom. The number of halogens is 2. The van der Waals surface area contributed by atoms with E-state index in [-0.39, 0.29) is 41.9 Å². The Morgan fingerprint density at radius 2 is 2.03 bits per heavy atom. The van der Waals surface area contributed by atoms with Crippen LogP contribution in [0.2, 0.25) is 0 Å². The van der Waals surface area contributed by atoms with Crippen LogP contribution < -0.4 is 5.32 Å². The van der Waals surface area contributed by atoms with Crippen molar-refractivity contribution in [1.82, 2.24) is 14.8 Å². The molecule has 0 unspecified atom stereocenters. The van der Waals surface area contributed by atoms with Gasteiger partial charge in [0.1, 0.15) is 29.4 Å². The molecule has 8 nitrogen and oxygen atoms in total. The van der Waals surface area contributed by atoms with Gasteiger partial charge >= 0.3 is 0 Å². The maximum Gasteiger partial charge on any atom is 0.270 e. The van der Waals surface area contributed by atoms with Crippen molar-refractivity contribution in [2.24, 2.45) is 0 Å². The first-order valence-corrected chi connectivity index (χ1v) is 11.6. The van der Waals surface area contributed by atoms with Gasteiger partial charge in [0, 0.05) is 37.2 Å². The number of hydrogen-bond donors (Lipinski definition) is 2. The Bertz CT molecular complexity index is 1460. The van der Waals surface area contributed by atoms with Crippen LogP contribution in [-0.2, 0) is 15.0 Å². The molecular weight excluding hydrogens is 468 g/mol. The predicted molar refractivity (Wildman–Crippen MR) is 127 cm³/mol. The van der Waals surface area contributed by atoms with Crippen molar-refractivity contribution < 1.29 is 23.2 Å². The van der Waals surface area contributed by atoms with Gasteiger partial charge in [-0.25, -0.2) is 8.78 Å². The molecule has 2 aliphatic rings. The molecule has 2 aliphatic heterocycles. The van der Waals surface area contributed by atoms with Gasteiger partial charge in [0.25, 0.3) is 5.91 Å². The number of nitrogens with one attached hydrogen (secondary N) is 2. The third-order valence-corrected chi connectivity index (χ3v) is 7.26. The normalized spacial score (nSPS) is 21.4. The van der Waals surface area contributed by atoms with Gasteiger partial charge in [-0.2, -0.15) is 5.26 Å². The molecule has 3 aromatic rings. The van der Waals surface area contributed by atoms with Crippen LogP contribution in [0.3, 0.4) is 0 Å². The molecular formula is C26H23F2N5O3. The first-order chi connectivity index (χ1) is 17.2. The fourth-order valence-corrected chi connectivity index (χ4v) is 5.40. The second-order valence-corrected chi connectivity index (χ2v) is 9.27. The van der Waals surface area contributed by atoms with Gasteiger partial charge in [-0.1, -0.05) is 25.1 Å². The minimum absolute atomic E-state index is 0.00192. The van der Waals surface area contributed by atoms with Crippen molar-refractivity contribution in [2.75, 3.05) is 18.9 Å². The number of carbonyl (C=O) groups is 3. The topological polar surface area (TPSA) is 109 Å². The third kappa shape index (κ3) is 3.42. The van der Waals surface area contributed by atoms with Crippen LogP contribution in [0.1, 0.15) is 35.8 Å². The van der Waals surface area contributed by atoms with Gasteiger partial charge in [0.2, 0.25) is 11.8 Å². The summed E-state index contributed by atoms with van der Waals surface area (Å²) in [4.78, 5) is 45.2. The molecule has 10 heteroatoms. The number of H-pyrrole nitrogens is 1. The fraction of sp³-hybridized carbons (Fsp3) is 0.308. The molecule has 0 bridgehead atoms. The highest BCUT2D eigenvalue weighted by Gasteiger charge is 2.56. The van der Waals surface area contributed by atoms with Crippen LogP contribution in [0.4, 0.5) is 14.5 Å². The number of carbonyl (C=O) groups excluding carboxylic acids is 3. The molecule has 1 saturated heterocycles. The highest BCUT2D eigenvalue weighted by Crippen LogP contribution is 2.46. The van der Waals surface area contributed by atoms with Gasteiger partial charge in [-0.15, -0.1) is 0 Å². The largest absolute Gasteiger partial charge is 0.350 e. The van der Waals surface area contributed by atoms with Crippen molar-refractivity contribution in [1.29, 1.82) is 5.26 Å². The number of benzene rings is 2. The molecule has 2 N–H and O–H groups in total. The van der Waals surface area contributed by atoms with E-state index >= 15 is 0 Å². The molecule has 3 atom stereocenters. The SMILES string of the molecule is CC[C@@H](C(=O)N1C[C@]2(C[C@H]1C#N)C(=O)Nc1ccccc12)N(C)C(=O)c1cc2c(F)cc(F)cc2[nH]1. The number of para-hydroxylation sites is 1. The number of fused-ring (bicyclic) bond motifs is 3. The number of aromatic amines is 1. The smallest absolute Gasteiger partial charge is 0.270 e. The molecule has 5 rings (SSSR count). The molecule has 0 radical (unpaired) electrons. The van der Waals surface area contributed by atoms with E-state index in [0.717, 1.165) is 17.7 Å². The van der Waals surface area contributed by atoms with E-state index in [1.165, 1.54) is 22.9 Å². The third-order valence-electron chi connectivity index (χ3n) is 7.26. The summed E-state index contributed by atoms with van der Waals surface area (Å²) in [6.07, 6.45) is 0.397. The Morgan fingerprint density at radius 3 is 2.75 bits per heavy atom. The van der Waals surface area contributed by atoms with Crippen LogP contribution in [0.25, 0.3) is 10.9 Å². The lowest BCUT2D eigenvalue weighted by Gasteiger charge is -2.31. The lowest BCUT2D eigenvalue weighted by molar-refractivity contribution is -0.136. The number of amides is 3. The van der Waals surface area contributed by atoms with Crippen molar-refractivity contribution >= 4 is 34.3 Å². The first-order valence-electron chi connectivity index (χ1n) is 11.6. The zero-order valence-corrected chi connectivity index (χ0v) is 19.6. The number of likely N-dealkylation sites (tertiary alicyclic amines) is 1. The molecule has 1 spiro atoms. The van der Waals surface area contributed by atoms with Crippen LogP contribution in [0.5, 0.6) is 0 Å². The van der Waals surface area contributed by atoms with Crippen molar-refractivity contribution in [3.05, 3.63) is 65.4 Å². The van der Waals surface area contributed by atoms with E-state index in [1.807, 2.05) is 12.1 Å². The molecule has 1 fully saturated rings. The lowest BCUT2D eigenvalue weighted by atomic mass is 9.80. The van der Waals surface area contributed by atoms with Gasteiger partial charge in [-0.3, -0.25) is 14.4 Å². The highest BCUT2D eigenvalue weighted by molar-refractivity contribution is 6.07. The number of likely N-dealkylation sites (N-methyl/N-ethyl adjacent to an activating group) is 1. The quantitative estimate of drug-likeness (QED) is 0.584. The zero-order valence-electron chi connectivity index (χ0n) is 19.6. The number of hydrogen-bond acceptors (Lipinski definition) is 4. The maximum absolute atomic E-state index is 14.1. The van der Waals surface area contributed by atoms with Crippen molar-refractivity contribution in [3.63, 3.8) is 0 Å². The molecule has 3 amide bonds. The summed E-state index contributed by atoms with van der Waals surface area (Å²) in [7, 11) is 1.45. The summed E-state index contributed by atoms with van der Waals surface area (Å²) in [5.74, 6) is -2.89. The minimum atomic E-state index is -1.04. The summed E-state index contributed by atoms with van der Waals surface area (Å²) in [6.45, 7) is 1.75. The molecule has 3 heterocycles. The average molecular weight is 491 g/mol. The highest BCUT2D eigenvalue weighted by atomic mass is 19.1. The first kappa shape index (κ1) is 23.5. The molecule has 36 heavy (non-hydrogen) atoms. The molecule has 184 valence electrons. The summed E-state index contributed by atoms with van der Waals surface area (Å²) in [5.41, 5.74) is 0.500. The Labute approximate surface area is 205 Å². The van der Waals surface area contributed by atoms with Crippen LogP contribution >= 0.6 is 0 Å². The number of rotatable bonds is 4. The van der Waals surface area contributed by atoms with Crippen molar-refractivity contribution in [2.45, 2.75) is 37.3 Å².